The smallest absolute Gasteiger partial charge is 0.119 e. The van der Waals surface area contributed by atoms with E-state index in [0.717, 1.165) is 48.3 Å². The number of ether oxygens (including phenoxy) is 1. The molecular weight excluding hydrogens is 274 g/mol. The summed E-state index contributed by atoms with van der Waals surface area (Å²) in [5, 5.41) is 5.55. The largest absolute Gasteiger partial charge is 0.494 e. The Hall–Kier alpha value is -2.49. The summed E-state index contributed by atoms with van der Waals surface area (Å²) in [6.07, 6.45) is 3.91. The molecule has 0 spiro atoms. The van der Waals surface area contributed by atoms with Crippen molar-refractivity contribution in [2.75, 3.05) is 12.3 Å². The van der Waals surface area contributed by atoms with Crippen molar-refractivity contribution < 1.29 is 4.74 Å². The number of nitrogens with two attached hydrogens (primary N) is 1. The third kappa shape index (κ3) is 3.39. The molecule has 1 aromatic heterocycles. The van der Waals surface area contributed by atoms with Crippen molar-refractivity contribution in [3.8, 4) is 5.75 Å². The van der Waals surface area contributed by atoms with Crippen molar-refractivity contribution >= 4 is 16.6 Å². The lowest BCUT2D eigenvalue weighted by Gasteiger charge is -2.07. The third-order valence-electron chi connectivity index (χ3n) is 3.72. The Morgan fingerprint density at radius 3 is 2.73 bits per heavy atom. The van der Waals surface area contributed by atoms with Crippen molar-refractivity contribution in [1.82, 2.24) is 9.78 Å². The average molecular weight is 295 g/mol. The van der Waals surface area contributed by atoms with Gasteiger partial charge in [0, 0.05) is 17.6 Å². The molecule has 0 atom stereocenters. The van der Waals surface area contributed by atoms with Crippen LogP contribution in [-0.4, -0.2) is 16.4 Å². The SMILES string of the molecule is Cc1ccc(OCCCCn2ncc3ccc(N)cc32)cc1. The van der Waals surface area contributed by atoms with Crippen LogP contribution < -0.4 is 10.5 Å². The minimum absolute atomic E-state index is 0.727. The predicted octanol–water partition coefficient (Wildman–Crippen LogP) is 3.79. The standard InChI is InChI=1S/C18H21N3O/c1-14-4-8-17(9-5-14)22-11-3-2-10-21-18-12-16(19)7-6-15(18)13-20-21/h4-9,12-13H,2-3,10-11,19H2,1H3. The molecule has 114 valence electrons. The zero-order valence-corrected chi connectivity index (χ0v) is 12.8. The van der Waals surface area contributed by atoms with Crippen molar-refractivity contribution in [3.63, 3.8) is 0 Å². The van der Waals surface area contributed by atoms with Gasteiger partial charge in [-0.25, -0.2) is 0 Å². The number of anilines is 1. The van der Waals surface area contributed by atoms with E-state index in [-0.39, 0.29) is 0 Å². The van der Waals surface area contributed by atoms with Gasteiger partial charge in [-0.2, -0.15) is 5.10 Å². The maximum atomic E-state index is 5.84. The molecule has 1 heterocycles. The lowest BCUT2D eigenvalue weighted by Crippen LogP contribution is -2.03. The summed E-state index contributed by atoms with van der Waals surface area (Å²) in [4.78, 5) is 0. The minimum atomic E-state index is 0.727. The molecule has 3 rings (SSSR count). The van der Waals surface area contributed by atoms with Gasteiger partial charge in [0.1, 0.15) is 5.75 Å². The first-order chi connectivity index (χ1) is 10.7. The second-order valence-corrected chi connectivity index (χ2v) is 5.55. The quantitative estimate of drug-likeness (QED) is 0.556. The van der Waals surface area contributed by atoms with Crippen LogP contribution in [-0.2, 0) is 6.54 Å². The summed E-state index contributed by atoms with van der Waals surface area (Å²) in [6, 6.07) is 14.0. The number of benzene rings is 2. The molecule has 0 unspecified atom stereocenters. The average Bonchev–Trinajstić information content (AvgIpc) is 2.91. The third-order valence-corrected chi connectivity index (χ3v) is 3.72. The van der Waals surface area contributed by atoms with Crippen molar-refractivity contribution in [2.45, 2.75) is 26.3 Å². The molecule has 2 aromatic carbocycles. The van der Waals surface area contributed by atoms with E-state index < -0.39 is 0 Å². The lowest BCUT2D eigenvalue weighted by atomic mass is 10.2. The second-order valence-electron chi connectivity index (χ2n) is 5.55. The number of hydrogen-bond acceptors (Lipinski definition) is 3. The van der Waals surface area contributed by atoms with Gasteiger partial charge in [0.05, 0.1) is 18.3 Å². The molecule has 0 fully saturated rings. The van der Waals surface area contributed by atoms with Crippen molar-refractivity contribution in [2.24, 2.45) is 0 Å². The van der Waals surface area contributed by atoms with Crippen LogP contribution in [0, 0.1) is 6.92 Å². The van der Waals surface area contributed by atoms with Crippen LogP contribution in [0.1, 0.15) is 18.4 Å². The van der Waals surface area contributed by atoms with Crippen LogP contribution >= 0.6 is 0 Å². The number of nitrogens with zero attached hydrogens (tertiary/aromatic N) is 2. The number of aromatic nitrogens is 2. The van der Waals surface area contributed by atoms with E-state index in [1.54, 1.807) is 0 Å². The van der Waals surface area contributed by atoms with E-state index in [1.807, 2.05) is 41.2 Å². The van der Waals surface area contributed by atoms with E-state index in [9.17, 15) is 0 Å². The number of fused-ring (bicyclic) bond motifs is 1. The fraction of sp³-hybridized carbons (Fsp3) is 0.278. The summed E-state index contributed by atoms with van der Waals surface area (Å²) in [5.41, 5.74) is 8.96. The first-order valence-corrected chi connectivity index (χ1v) is 7.63. The molecule has 0 saturated carbocycles. The molecule has 4 heteroatoms. The maximum Gasteiger partial charge on any atom is 0.119 e. The van der Waals surface area contributed by atoms with E-state index in [2.05, 4.69) is 24.2 Å². The second kappa shape index (κ2) is 6.52. The van der Waals surface area contributed by atoms with Gasteiger partial charge in [0.15, 0.2) is 0 Å². The normalized spacial score (nSPS) is 11.0. The van der Waals surface area contributed by atoms with Crippen LogP contribution in [0.3, 0.4) is 0 Å². The Balaban J connectivity index is 1.48. The van der Waals surface area contributed by atoms with Gasteiger partial charge >= 0.3 is 0 Å². The fourth-order valence-corrected chi connectivity index (χ4v) is 2.45. The molecule has 0 aliphatic heterocycles. The number of nitrogen functional groups attached to an aromatic ring is 1. The number of rotatable bonds is 6. The van der Waals surface area contributed by atoms with Crippen molar-refractivity contribution in [3.05, 3.63) is 54.2 Å². The fourth-order valence-electron chi connectivity index (χ4n) is 2.45. The highest BCUT2D eigenvalue weighted by Gasteiger charge is 2.02. The summed E-state index contributed by atoms with van der Waals surface area (Å²) in [7, 11) is 0. The van der Waals surface area contributed by atoms with Gasteiger partial charge in [-0.15, -0.1) is 0 Å². The zero-order chi connectivity index (χ0) is 15.4. The summed E-state index contributed by atoms with van der Waals surface area (Å²) in [6.45, 7) is 3.68. The van der Waals surface area contributed by atoms with E-state index in [4.69, 9.17) is 10.5 Å². The topological polar surface area (TPSA) is 53.1 Å². The Kier molecular flexibility index (Phi) is 4.28. The van der Waals surface area contributed by atoms with Gasteiger partial charge < -0.3 is 10.5 Å². The van der Waals surface area contributed by atoms with Crippen LogP contribution in [0.2, 0.25) is 0 Å². The van der Waals surface area contributed by atoms with Crippen LogP contribution in [0.5, 0.6) is 5.75 Å². The molecule has 0 aliphatic rings. The van der Waals surface area contributed by atoms with Gasteiger partial charge in [-0.3, -0.25) is 4.68 Å². The van der Waals surface area contributed by atoms with E-state index in [1.165, 1.54) is 5.56 Å². The molecular formula is C18H21N3O. The zero-order valence-electron chi connectivity index (χ0n) is 12.8. The Morgan fingerprint density at radius 1 is 1.09 bits per heavy atom. The monoisotopic (exact) mass is 295 g/mol. The van der Waals surface area contributed by atoms with Crippen molar-refractivity contribution in [1.29, 1.82) is 0 Å². The molecule has 0 bridgehead atoms. The predicted molar refractivity (Wildman–Crippen MR) is 90.1 cm³/mol. The van der Waals surface area contributed by atoms with Crippen LogP contribution in [0.15, 0.2) is 48.7 Å². The Labute approximate surface area is 130 Å². The molecule has 3 aromatic rings. The minimum Gasteiger partial charge on any atom is -0.494 e. The van der Waals surface area contributed by atoms with E-state index >= 15 is 0 Å². The first kappa shape index (κ1) is 14.4. The number of unbranched alkanes of at least 4 members (excludes halogenated alkanes) is 1. The maximum absolute atomic E-state index is 5.84. The highest BCUT2D eigenvalue weighted by Crippen LogP contribution is 2.17. The lowest BCUT2D eigenvalue weighted by molar-refractivity contribution is 0.302. The summed E-state index contributed by atoms with van der Waals surface area (Å²) < 4.78 is 7.75. The molecule has 4 nitrogen and oxygen atoms in total. The Bertz CT molecular complexity index is 747. The van der Waals surface area contributed by atoms with Crippen LogP contribution in [0.4, 0.5) is 5.69 Å². The molecule has 22 heavy (non-hydrogen) atoms. The highest BCUT2D eigenvalue weighted by molar-refractivity contribution is 5.81. The highest BCUT2D eigenvalue weighted by atomic mass is 16.5. The summed E-state index contributed by atoms with van der Waals surface area (Å²) >= 11 is 0. The Morgan fingerprint density at radius 2 is 1.91 bits per heavy atom. The van der Waals surface area contributed by atoms with Gasteiger partial charge in [0.2, 0.25) is 0 Å². The number of hydrogen-bond donors (Lipinski definition) is 1. The van der Waals surface area contributed by atoms with Crippen LogP contribution in [0.25, 0.3) is 10.9 Å². The molecule has 0 saturated heterocycles. The molecule has 0 radical (unpaired) electrons. The van der Waals surface area contributed by atoms with Gasteiger partial charge in [0.25, 0.3) is 0 Å². The summed E-state index contributed by atoms with van der Waals surface area (Å²) in [5.74, 6) is 0.933. The molecule has 0 aliphatic carbocycles. The molecule has 2 N–H and O–H groups in total. The van der Waals surface area contributed by atoms with Gasteiger partial charge in [-0.05, 0) is 50.1 Å². The van der Waals surface area contributed by atoms with Gasteiger partial charge in [-0.1, -0.05) is 17.7 Å². The van der Waals surface area contributed by atoms with E-state index in [0.29, 0.717) is 0 Å². The molecule has 0 amide bonds. The number of aryl methyl sites for hydroxylation is 2. The first-order valence-electron chi connectivity index (χ1n) is 7.63.